The minimum absolute atomic E-state index is 0.117. The zero-order valence-electron chi connectivity index (χ0n) is 19.4. The third-order valence-electron chi connectivity index (χ3n) is 5.97. The molecule has 2 aromatic rings. The molecule has 3 N–H and O–H groups in total. The van der Waals surface area contributed by atoms with Crippen LogP contribution in [0.1, 0.15) is 57.8 Å². The summed E-state index contributed by atoms with van der Waals surface area (Å²) in [5.41, 5.74) is 2.70. The number of alkyl carbamates (subject to hydrolysis) is 1. The topological polar surface area (TPSA) is 122 Å². The molecule has 0 spiro atoms. The summed E-state index contributed by atoms with van der Waals surface area (Å²) in [6, 6.07) is 2.87. The minimum Gasteiger partial charge on any atom is -0.444 e. The van der Waals surface area contributed by atoms with E-state index in [4.69, 9.17) is 4.74 Å². The number of carbonyl (C=O) groups is 2. The van der Waals surface area contributed by atoms with Gasteiger partial charge in [0.15, 0.2) is 5.82 Å². The van der Waals surface area contributed by atoms with Gasteiger partial charge in [0, 0.05) is 11.3 Å². The number of nitrogens with one attached hydrogen (secondary N) is 3. The summed E-state index contributed by atoms with van der Waals surface area (Å²) in [5.74, 6) is 1.12. The van der Waals surface area contributed by atoms with Gasteiger partial charge < -0.3 is 15.4 Å². The number of aromatic nitrogens is 4. The van der Waals surface area contributed by atoms with Crippen LogP contribution in [0.4, 0.5) is 10.6 Å². The van der Waals surface area contributed by atoms with Crippen molar-refractivity contribution in [3.8, 4) is 11.3 Å². The fourth-order valence-corrected chi connectivity index (χ4v) is 4.33. The lowest BCUT2D eigenvalue weighted by molar-refractivity contribution is -0.120. The molecule has 0 aliphatic heterocycles. The Morgan fingerprint density at radius 1 is 1.09 bits per heavy atom. The number of ether oxygens (including phenoxy) is 1. The monoisotopic (exact) mass is 440 g/mol. The highest BCUT2D eigenvalue weighted by molar-refractivity contribution is 5.96. The van der Waals surface area contributed by atoms with Crippen LogP contribution in [-0.4, -0.2) is 44.0 Å². The van der Waals surface area contributed by atoms with Crippen molar-refractivity contribution < 1.29 is 14.3 Å². The molecule has 2 aliphatic carbocycles. The maximum atomic E-state index is 13.3. The number of hydrogen-bond donors (Lipinski definition) is 3. The van der Waals surface area contributed by atoms with Gasteiger partial charge in [-0.3, -0.25) is 9.89 Å². The van der Waals surface area contributed by atoms with Crippen LogP contribution in [0.5, 0.6) is 0 Å². The van der Waals surface area contributed by atoms with E-state index in [-0.39, 0.29) is 11.8 Å². The van der Waals surface area contributed by atoms with Crippen molar-refractivity contribution in [2.75, 3.05) is 5.32 Å². The molecular weight excluding hydrogens is 408 g/mol. The molecule has 0 bridgehead atoms. The maximum absolute atomic E-state index is 13.3. The maximum Gasteiger partial charge on any atom is 0.408 e. The molecule has 0 saturated heterocycles. The molecule has 0 radical (unpaired) electrons. The van der Waals surface area contributed by atoms with Crippen molar-refractivity contribution in [2.45, 2.75) is 71.9 Å². The minimum atomic E-state index is -0.662. The fraction of sp³-hybridized carbons (Fsp3) is 0.609. The third kappa shape index (κ3) is 5.26. The molecule has 2 amide bonds. The number of rotatable bonds is 7. The molecule has 2 saturated carbocycles. The molecular formula is C23H32N6O3. The van der Waals surface area contributed by atoms with Gasteiger partial charge in [-0.2, -0.15) is 5.10 Å². The number of aryl methyl sites for hydroxylation is 2. The molecule has 9 nitrogen and oxygen atoms in total. The van der Waals surface area contributed by atoms with E-state index in [9.17, 15) is 9.59 Å². The van der Waals surface area contributed by atoms with Gasteiger partial charge in [0.25, 0.3) is 0 Å². The molecule has 2 fully saturated rings. The van der Waals surface area contributed by atoms with Gasteiger partial charge in [-0.05, 0) is 90.2 Å². The Kier molecular flexibility index (Phi) is 5.92. The fourth-order valence-electron chi connectivity index (χ4n) is 4.33. The highest BCUT2D eigenvalue weighted by Gasteiger charge is 2.48. The average Bonchev–Trinajstić information content (AvgIpc) is 3.62. The van der Waals surface area contributed by atoms with Crippen LogP contribution in [0.3, 0.4) is 0 Å². The summed E-state index contributed by atoms with van der Waals surface area (Å²) in [6.45, 7) is 9.25. The molecule has 0 aromatic carbocycles. The van der Waals surface area contributed by atoms with Crippen molar-refractivity contribution in [1.29, 1.82) is 0 Å². The first-order chi connectivity index (χ1) is 15.1. The van der Waals surface area contributed by atoms with Crippen LogP contribution in [0.2, 0.25) is 0 Å². The summed E-state index contributed by atoms with van der Waals surface area (Å²) >= 11 is 0. The van der Waals surface area contributed by atoms with Gasteiger partial charge in [0.05, 0.1) is 11.4 Å². The van der Waals surface area contributed by atoms with E-state index in [1.807, 2.05) is 40.7 Å². The van der Waals surface area contributed by atoms with Crippen molar-refractivity contribution in [3.63, 3.8) is 0 Å². The Morgan fingerprint density at radius 3 is 2.22 bits per heavy atom. The van der Waals surface area contributed by atoms with Crippen LogP contribution >= 0.6 is 0 Å². The number of H-pyrrole nitrogens is 1. The Bertz CT molecular complexity index is 955. The second-order valence-corrected chi connectivity index (χ2v) is 9.98. The van der Waals surface area contributed by atoms with E-state index in [0.29, 0.717) is 23.3 Å². The van der Waals surface area contributed by atoms with Gasteiger partial charge in [0.1, 0.15) is 11.6 Å². The average molecular weight is 441 g/mol. The highest BCUT2D eigenvalue weighted by atomic mass is 16.6. The lowest BCUT2D eigenvalue weighted by atomic mass is 9.89. The summed E-state index contributed by atoms with van der Waals surface area (Å²) in [6.07, 6.45) is 3.81. The number of hydrogen-bond acceptors (Lipinski definition) is 6. The predicted molar refractivity (Wildman–Crippen MR) is 120 cm³/mol. The standard InChI is InChI=1S/C23H32N6O3/c1-12-18(13(2)27-26-12)16-10-11-17(29-28-16)24-21(30)20(25-22(31)32-23(3,4)5)19(14-6-7-14)15-8-9-15/h10-11,14-15,19-20H,6-9H2,1-5H3,(H,25,31)(H,26,27)(H,24,29,30). The normalized spacial score (nSPS) is 17.2. The Balaban J connectivity index is 1.50. The molecule has 172 valence electrons. The van der Waals surface area contributed by atoms with E-state index < -0.39 is 17.7 Å². The summed E-state index contributed by atoms with van der Waals surface area (Å²) in [5, 5.41) is 21.3. The largest absolute Gasteiger partial charge is 0.444 e. The molecule has 2 aliphatic rings. The first kappa shape index (κ1) is 22.2. The Morgan fingerprint density at radius 2 is 1.75 bits per heavy atom. The quantitative estimate of drug-likeness (QED) is 0.603. The molecule has 32 heavy (non-hydrogen) atoms. The molecule has 1 atom stereocenters. The van der Waals surface area contributed by atoms with Crippen molar-refractivity contribution >= 4 is 17.8 Å². The van der Waals surface area contributed by atoms with E-state index >= 15 is 0 Å². The number of anilines is 1. The molecule has 2 aromatic heterocycles. The summed E-state index contributed by atoms with van der Waals surface area (Å²) in [7, 11) is 0. The van der Waals surface area contributed by atoms with E-state index in [1.54, 1.807) is 6.07 Å². The zero-order chi connectivity index (χ0) is 23.0. The second kappa shape index (κ2) is 8.52. The molecule has 9 heteroatoms. The van der Waals surface area contributed by atoms with Gasteiger partial charge in [-0.15, -0.1) is 10.2 Å². The van der Waals surface area contributed by atoms with Crippen LogP contribution in [-0.2, 0) is 9.53 Å². The van der Waals surface area contributed by atoms with E-state index in [0.717, 1.165) is 42.6 Å². The Hall–Kier alpha value is -2.97. The Labute approximate surface area is 188 Å². The van der Waals surface area contributed by atoms with Crippen molar-refractivity contribution in [1.82, 2.24) is 25.7 Å². The van der Waals surface area contributed by atoms with Crippen LogP contribution < -0.4 is 10.6 Å². The number of nitrogens with zero attached hydrogens (tertiary/aromatic N) is 3. The first-order valence-electron chi connectivity index (χ1n) is 11.3. The third-order valence-corrected chi connectivity index (χ3v) is 5.97. The predicted octanol–water partition coefficient (Wildman–Crippen LogP) is 3.75. The number of amides is 2. The summed E-state index contributed by atoms with van der Waals surface area (Å²) in [4.78, 5) is 25.8. The highest BCUT2D eigenvalue weighted by Crippen LogP contribution is 2.50. The lowest BCUT2D eigenvalue weighted by Gasteiger charge is -2.28. The van der Waals surface area contributed by atoms with E-state index in [2.05, 4.69) is 31.0 Å². The van der Waals surface area contributed by atoms with E-state index in [1.165, 1.54) is 0 Å². The first-order valence-corrected chi connectivity index (χ1v) is 11.3. The number of carbonyl (C=O) groups excluding carboxylic acids is 2. The SMILES string of the molecule is Cc1n[nH]c(C)c1-c1ccc(NC(=O)C(NC(=O)OC(C)(C)C)C(C2CC2)C2CC2)nn1. The van der Waals surface area contributed by atoms with Crippen molar-refractivity contribution in [2.24, 2.45) is 17.8 Å². The molecule has 1 unspecified atom stereocenters. The molecule has 4 rings (SSSR count). The zero-order valence-corrected chi connectivity index (χ0v) is 19.4. The second-order valence-electron chi connectivity index (χ2n) is 9.98. The molecule has 2 heterocycles. The van der Waals surface area contributed by atoms with Crippen LogP contribution in [0.25, 0.3) is 11.3 Å². The van der Waals surface area contributed by atoms with Gasteiger partial charge in [0.2, 0.25) is 5.91 Å². The van der Waals surface area contributed by atoms with Crippen molar-refractivity contribution in [3.05, 3.63) is 23.5 Å². The van der Waals surface area contributed by atoms with Gasteiger partial charge >= 0.3 is 6.09 Å². The van der Waals surface area contributed by atoms with Crippen LogP contribution in [0.15, 0.2) is 12.1 Å². The number of aromatic amines is 1. The lowest BCUT2D eigenvalue weighted by Crippen LogP contribution is -2.51. The van der Waals surface area contributed by atoms with Gasteiger partial charge in [-0.25, -0.2) is 4.79 Å². The van der Waals surface area contributed by atoms with Gasteiger partial charge in [-0.1, -0.05) is 0 Å². The summed E-state index contributed by atoms with van der Waals surface area (Å²) < 4.78 is 5.43. The van der Waals surface area contributed by atoms with Crippen LogP contribution in [0, 0.1) is 31.6 Å². The smallest absolute Gasteiger partial charge is 0.408 e.